The van der Waals surface area contributed by atoms with Crippen molar-refractivity contribution >= 4 is 29.0 Å². The molecule has 0 heterocycles. The van der Waals surface area contributed by atoms with Crippen LogP contribution in [0.2, 0.25) is 0 Å². The van der Waals surface area contributed by atoms with E-state index < -0.39 is 28.7 Å². The van der Waals surface area contributed by atoms with E-state index in [4.69, 9.17) is 4.55 Å². The molecule has 0 aromatic carbocycles. The van der Waals surface area contributed by atoms with Crippen molar-refractivity contribution in [1.29, 1.82) is 0 Å². The first-order chi connectivity index (χ1) is 5.95. The molecule has 3 nitrogen and oxygen atoms in total. The van der Waals surface area contributed by atoms with Gasteiger partial charge in [0.05, 0.1) is 6.67 Å². The van der Waals surface area contributed by atoms with Crippen molar-refractivity contribution in [2.45, 2.75) is 31.9 Å². The quantitative estimate of drug-likeness (QED) is 0.400. The van der Waals surface area contributed by atoms with Crippen LogP contribution >= 0.6 is 0 Å². The second-order valence-electron chi connectivity index (χ2n) is 2.88. The van der Waals surface area contributed by atoms with Gasteiger partial charge in [-0.25, -0.2) is 4.39 Å². The minimum atomic E-state index is -4.22. The van der Waals surface area contributed by atoms with E-state index in [2.05, 4.69) is 0 Å². The van der Waals surface area contributed by atoms with Gasteiger partial charge in [-0.2, -0.15) is 8.42 Å². The molecule has 0 aliphatic carbocycles. The molecule has 0 bridgehead atoms. The average molecular weight is 224 g/mol. The number of halogens is 2. The van der Waals surface area contributed by atoms with Crippen molar-refractivity contribution in [2.24, 2.45) is 0 Å². The van der Waals surface area contributed by atoms with Crippen LogP contribution in [0, 0.1) is 0 Å². The summed E-state index contributed by atoms with van der Waals surface area (Å²) in [6, 6.07) is 0. The van der Waals surface area contributed by atoms with Crippen LogP contribution < -0.4 is 0 Å². The van der Waals surface area contributed by atoms with Gasteiger partial charge in [0.15, 0.2) is 0 Å². The van der Waals surface area contributed by atoms with Crippen molar-refractivity contribution in [2.75, 3.05) is 12.4 Å². The molecule has 0 fully saturated rings. The molecular weight excluding hydrogens is 209 g/mol. The van der Waals surface area contributed by atoms with Gasteiger partial charge in [0.2, 0.25) is 0 Å². The Kier molecular flexibility index (Phi) is 10.4. The Morgan fingerprint density at radius 1 is 1.21 bits per heavy atom. The molecular formula is C7H15F2LiO3S. The van der Waals surface area contributed by atoms with Crippen molar-refractivity contribution in [3.05, 3.63) is 0 Å². The fraction of sp³-hybridized carbons (Fsp3) is 1.00. The summed E-state index contributed by atoms with van der Waals surface area (Å²) >= 11 is 0. The molecule has 0 spiro atoms. The Labute approximate surface area is 95.2 Å². The number of alkyl halides is 2. The number of unbranched alkanes of at least 4 members (excludes halogenated alkanes) is 2. The van der Waals surface area contributed by atoms with Gasteiger partial charge in [-0.1, -0.05) is 12.8 Å². The standard InChI is InChI=1S/C7H14F2O3S.Li.H/c8-5-3-1-2-4-7(9)6-13(10,11)12;;/h7H,1-6H2,(H,10,11,12);;. The van der Waals surface area contributed by atoms with Crippen LogP contribution in [0.1, 0.15) is 25.7 Å². The van der Waals surface area contributed by atoms with Gasteiger partial charge in [-0.3, -0.25) is 8.94 Å². The van der Waals surface area contributed by atoms with E-state index in [0.29, 0.717) is 19.3 Å². The molecule has 0 aliphatic heterocycles. The van der Waals surface area contributed by atoms with Crippen LogP contribution in [0.3, 0.4) is 0 Å². The van der Waals surface area contributed by atoms with Crippen LogP contribution in [0.15, 0.2) is 0 Å². The predicted molar refractivity (Wildman–Crippen MR) is 52.9 cm³/mol. The molecule has 0 saturated heterocycles. The number of rotatable bonds is 7. The summed E-state index contributed by atoms with van der Waals surface area (Å²) in [5, 5.41) is 0. The molecule has 82 valence electrons. The first kappa shape index (κ1) is 16.8. The fourth-order valence-corrected chi connectivity index (χ4v) is 1.57. The van der Waals surface area contributed by atoms with Gasteiger partial charge >= 0.3 is 18.9 Å². The number of hydrogen-bond acceptors (Lipinski definition) is 2. The molecule has 7 heteroatoms. The molecule has 0 rings (SSSR count). The van der Waals surface area contributed by atoms with Crippen molar-refractivity contribution in [3.8, 4) is 0 Å². The maximum atomic E-state index is 12.7. The fourth-order valence-electron chi connectivity index (χ4n) is 0.949. The van der Waals surface area contributed by atoms with Gasteiger partial charge < -0.3 is 0 Å². The van der Waals surface area contributed by atoms with Crippen molar-refractivity contribution in [3.63, 3.8) is 0 Å². The van der Waals surface area contributed by atoms with Crippen LogP contribution in [-0.4, -0.2) is 50.4 Å². The first-order valence-electron chi connectivity index (χ1n) is 4.11. The van der Waals surface area contributed by atoms with Gasteiger partial charge in [0.1, 0.15) is 11.9 Å². The molecule has 14 heavy (non-hydrogen) atoms. The second kappa shape index (κ2) is 8.66. The second-order valence-corrected chi connectivity index (χ2v) is 4.38. The molecule has 1 atom stereocenters. The van der Waals surface area contributed by atoms with E-state index in [0.717, 1.165) is 0 Å². The maximum absolute atomic E-state index is 12.7. The third-order valence-corrected chi connectivity index (χ3v) is 2.33. The van der Waals surface area contributed by atoms with Gasteiger partial charge in [0, 0.05) is 0 Å². The van der Waals surface area contributed by atoms with Crippen molar-refractivity contribution in [1.82, 2.24) is 0 Å². The van der Waals surface area contributed by atoms with E-state index in [1.807, 2.05) is 0 Å². The van der Waals surface area contributed by atoms with Crippen LogP contribution in [-0.2, 0) is 10.1 Å². The Morgan fingerprint density at radius 2 is 1.79 bits per heavy atom. The van der Waals surface area contributed by atoms with Crippen molar-refractivity contribution < 1.29 is 21.8 Å². The molecule has 0 aromatic heterocycles. The predicted octanol–water partition coefficient (Wildman–Crippen LogP) is 1.09. The monoisotopic (exact) mass is 224 g/mol. The molecule has 0 radical (unpaired) electrons. The van der Waals surface area contributed by atoms with Crippen LogP contribution in [0.4, 0.5) is 8.78 Å². The summed E-state index contributed by atoms with van der Waals surface area (Å²) in [6.45, 7) is -0.435. The third-order valence-electron chi connectivity index (χ3n) is 1.54. The van der Waals surface area contributed by atoms with E-state index in [9.17, 15) is 17.2 Å². The summed E-state index contributed by atoms with van der Waals surface area (Å²) in [5.41, 5.74) is 0. The average Bonchev–Trinajstić information content (AvgIpc) is 1.94. The zero-order chi connectivity index (χ0) is 10.3. The van der Waals surface area contributed by atoms with Crippen LogP contribution in [0.5, 0.6) is 0 Å². The molecule has 1 unspecified atom stereocenters. The molecule has 0 amide bonds. The summed E-state index contributed by atoms with van der Waals surface area (Å²) in [5.74, 6) is -0.859. The Morgan fingerprint density at radius 3 is 2.21 bits per heavy atom. The Hall–Kier alpha value is 0.367. The van der Waals surface area contributed by atoms with Crippen LogP contribution in [0.25, 0.3) is 0 Å². The van der Waals surface area contributed by atoms with Gasteiger partial charge in [0.25, 0.3) is 10.1 Å². The molecule has 0 saturated carbocycles. The van der Waals surface area contributed by atoms with E-state index in [1.165, 1.54) is 0 Å². The van der Waals surface area contributed by atoms with E-state index in [-0.39, 0.29) is 25.3 Å². The molecule has 0 aromatic rings. The van der Waals surface area contributed by atoms with Gasteiger partial charge in [-0.05, 0) is 12.8 Å². The zero-order valence-electron chi connectivity index (χ0n) is 7.25. The first-order valence-corrected chi connectivity index (χ1v) is 5.72. The minimum absolute atomic E-state index is 0. The molecule has 0 aliphatic rings. The Balaban J connectivity index is 0. The number of hydrogen-bond donors (Lipinski definition) is 1. The molecule has 1 N–H and O–H groups in total. The van der Waals surface area contributed by atoms with Gasteiger partial charge in [-0.15, -0.1) is 0 Å². The topological polar surface area (TPSA) is 54.4 Å². The van der Waals surface area contributed by atoms with E-state index in [1.54, 1.807) is 0 Å². The third kappa shape index (κ3) is 12.4. The zero-order valence-corrected chi connectivity index (χ0v) is 8.06. The summed E-state index contributed by atoms with van der Waals surface area (Å²) in [7, 11) is -4.22. The van der Waals surface area contributed by atoms with E-state index >= 15 is 0 Å². The SMILES string of the molecule is O=S(=O)(O)CC(F)CCCCCF.[LiH]. The summed E-state index contributed by atoms with van der Waals surface area (Å²) < 4.78 is 52.9. The summed E-state index contributed by atoms with van der Waals surface area (Å²) in [6.07, 6.45) is -0.129. The summed E-state index contributed by atoms with van der Waals surface area (Å²) in [4.78, 5) is 0. The Bertz CT molecular complexity index is 221. The normalized spacial score (nSPS) is 13.4.